The van der Waals surface area contributed by atoms with E-state index in [2.05, 4.69) is 0 Å². The molecule has 0 saturated heterocycles. The predicted octanol–water partition coefficient (Wildman–Crippen LogP) is 2.85. The highest BCUT2D eigenvalue weighted by Crippen LogP contribution is 2.38. The van der Waals surface area contributed by atoms with Gasteiger partial charge in [0.15, 0.2) is 11.7 Å². The summed E-state index contributed by atoms with van der Waals surface area (Å²) in [5.74, 6) is -2.08. The number of aryl methyl sites for hydroxylation is 1. The molecule has 2 aromatic carbocycles. The number of anilines is 1. The van der Waals surface area contributed by atoms with Gasteiger partial charge in [0.05, 0.1) is 7.11 Å². The molecule has 25 heavy (non-hydrogen) atoms. The Balaban J connectivity index is 2.05. The zero-order valence-electron chi connectivity index (χ0n) is 14.4. The number of ether oxygens (including phenoxy) is 1. The SMILES string of the molecule is CCN1C(=O)C(C(=O)OC)c2cc(C(=O)c3ccc(C)cc3)ccc21. The molecular formula is C20H19NO4. The number of hydrogen-bond acceptors (Lipinski definition) is 4. The minimum atomic E-state index is -1.01. The molecule has 1 atom stereocenters. The first-order chi connectivity index (χ1) is 12.0. The van der Waals surface area contributed by atoms with Gasteiger partial charge >= 0.3 is 5.97 Å². The van der Waals surface area contributed by atoms with E-state index in [4.69, 9.17) is 4.74 Å². The summed E-state index contributed by atoms with van der Waals surface area (Å²) >= 11 is 0. The van der Waals surface area contributed by atoms with Crippen molar-refractivity contribution in [2.75, 3.05) is 18.6 Å². The van der Waals surface area contributed by atoms with Crippen LogP contribution in [-0.2, 0) is 14.3 Å². The maximum Gasteiger partial charge on any atom is 0.322 e. The number of rotatable bonds is 4. The average molecular weight is 337 g/mol. The second-order valence-corrected chi connectivity index (χ2v) is 6.01. The Kier molecular flexibility index (Phi) is 4.40. The highest BCUT2D eigenvalue weighted by molar-refractivity contribution is 6.17. The molecule has 3 rings (SSSR count). The van der Waals surface area contributed by atoms with Gasteiger partial charge in [0.25, 0.3) is 0 Å². The van der Waals surface area contributed by atoms with Gasteiger partial charge in [-0.15, -0.1) is 0 Å². The first-order valence-corrected chi connectivity index (χ1v) is 8.12. The molecule has 0 aromatic heterocycles. The molecule has 5 nitrogen and oxygen atoms in total. The maximum absolute atomic E-state index is 12.7. The molecule has 0 bridgehead atoms. The summed E-state index contributed by atoms with van der Waals surface area (Å²) in [5, 5.41) is 0. The number of hydrogen-bond donors (Lipinski definition) is 0. The lowest BCUT2D eigenvalue weighted by Gasteiger charge is -2.14. The molecule has 1 aliphatic heterocycles. The Morgan fingerprint density at radius 1 is 1.08 bits per heavy atom. The normalized spacial score (nSPS) is 15.9. The highest BCUT2D eigenvalue weighted by atomic mass is 16.5. The van der Waals surface area contributed by atoms with E-state index in [-0.39, 0.29) is 11.7 Å². The molecule has 1 unspecified atom stereocenters. The van der Waals surface area contributed by atoms with Gasteiger partial charge in [0, 0.05) is 28.9 Å². The third-order valence-electron chi connectivity index (χ3n) is 4.47. The van der Waals surface area contributed by atoms with Crippen LogP contribution >= 0.6 is 0 Å². The summed E-state index contributed by atoms with van der Waals surface area (Å²) in [6, 6.07) is 12.3. The Bertz CT molecular complexity index is 854. The number of ketones is 1. The van der Waals surface area contributed by atoms with Crippen LogP contribution in [0.3, 0.4) is 0 Å². The topological polar surface area (TPSA) is 63.7 Å². The second kappa shape index (κ2) is 6.51. The van der Waals surface area contributed by atoms with E-state index in [0.717, 1.165) is 5.56 Å². The molecule has 0 fully saturated rings. The van der Waals surface area contributed by atoms with Crippen LogP contribution in [0.5, 0.6) is 0 Å². The number of amides is 1. The summed E-state index contributed by atoms with van der Waals surface area (Å²) < 4.78 is 4.78. The first-order valence-electron chi connectivity index (χ1n) is 8.12. The molecule has 1 heterocycles. The van der Waals surface area contributed by atoms with Crippen LogP contribution < -0.4 is 4.90 Å². The third kappa shape index (κ3) is 2.82. The minimum absolute atomic E-state index is 0.145. The number of carbonyl (C=O) groups excluding carboxylic acids is 3. The van der Waals surface area contributed by atoms with E-state index >= 15 is 0 Å². The zero-order chi connectivity index (χ0) is 18.1. The number of fused-ring (bicyclic) bond motifs is 1. The lowest BCUT2D eigenvalue weighted by Crippen LogP contribution is -2.31. The number of likely N-dealkylation sites (N-methyl/N-ethyl adjacent to an activating group) is 1. The van der Waals surface area contributed by atoms with Crippen molar-refractivity contribution in [3.8, 4) is 0 Å². The van der Waals surface area contributed by atoms with Crippen LogP contribution in [0.2, 0.25) is 0 Å². The summed E-state index contributed by atoms with van der Waals surface area (Å²) in [4.78, 5) is 38.9. The van der Waals surface area contributed by atoms with Gasteiger partial charge in [0.1, 0.15) is 0 Å². The number of nitrogens with zero attached hydrogens (tertiary/aromatic N) is 1. The van der Waals surface area contributed by atoms with Crippen molar-refractivity contribution in [3.05, 3.63) is 64.7 Å². The zero-order valence-corrected chi connectivity index (χ0v) is 14.4. The molecule has 0 N–H and O–H groups in total. The van der Waals surface area contributed by atoms with Crippen molar-refractivity contribution in [1.29, 1.82) is 0 Å². The van der Waals surface area contributed by atoms with Gasteiger partial charge in [-0.25, -0.2) is 0 Å². The Morgan fingerprint density at radius 3 is 2.32 bits per heavy atom. The highest BCUT2D eigenvalue weighted by Gasteiger charge is 2.42. The van der Waals surface area contributed by atoms with Crippen molar-refractivity contribution in [1.82, 2.24) is 0 Å². The summed E-state index contributed by atoms with van der Waals surface area (Å²) in [6.45, 7) is 4.24. The van der Waals surface area contributed by atoms with Crippen molar-refractivity contribution >= 4 is 23.3 Å². The van der Waals surface area contributed by atoms with E-state index in [1.54, 1.807) is 30.3 Å². The van der Waals surface area contributed by atoms with Crippen LogP contribution in [0.25, 0.3) is 0 Å². The van der Waals surface area contributed by atoms with Crippen LogP contribution in [0, 0.1) is 6.92 Å². The molecular weight excluding hydrogens is 318 g/mol. The molecule has 5 heteroatoms. The average Bonchev–Trinajstić information content (AvgIpc) is 2.91. The fraction of sp³-hybridized carbons (Fsp3) is 0.250. The van der Waals surface area contributed by atoms with Crippen molar-refractivity contribution in [2.24, 2.45) is 0 Å². The standard InChI is InChI=1S/C20H19NO4/c1-4-21-16-10-9-14(18(22)13-7-5-12(2)6-8-13)11-15(16)17(19(21)23)20(24)25-3/h5-11,17H,4H2,1-3H3. The number of benzene rings is 2. The molecule has 0 aliphatic carbocycles. The monoisotopic (exact) mass is 337 g/mol. The number of esters is 1. The Morgan fingerprint density at radius 2 is 1.72 bits per heavy atom. The molecule has 1 amide bonds. The van der Waals surface area contributed by atoms with Crippen molar-refractivity contribution < 1.29 is 19.1 Å². The molecule has 2 aromatic rings. The fourth-order valence-corrected chi connectivity index (χ4v) is 3.12. The third-order valence-corrected chi connectivity index (χ3v) is 4.47. The van der Waals surface area contributed by atoms with Gasteiger partial charge in [-0.05, 0) is 32.0 Å². The van der Waals surface area contributed by atoms with Gasteiger partial charge < -0.3 is 9.64 Å². The van der Waals surface area contributed by atoms with Crippen LogP contribution in [0.4, 0.5) is 5.69 Å². The van der Waals surface area contributed by atoms with E-state index < -0.39 is 11.9 Å². The van der Waals surface area contributed by atoms with Gasteiger partial charge in [-0.2, -0.15) is 0 Å². The fourth-order valence-electron chi connectivity index (χ4n) is 3.12. The first kappa shape index (κ1) is 16.9. The maximum atomic E-state index is 12.7. The van der Waals surface area contributed by atoms with E-state index in [9.17, 15) is 14.4 Å². The van der Waals surface area contributed by atoms with Gasteiger partial charge in [-0.3, -0.25) is 14.4 Å². The van der Waals surface area contributed by atoms with Gasteiger partial charge in [-0.1, -0.05) is 29.8 Å². The minimum Gasteiger partial charge on any atom is -0.468 e. The summed E-state index contributed by atoms with van der Waals surface area (Å²) in [7, 11) is 1.26. The number of carbonyl (C=O) groups is 3. The largest absolute Gasteiger partial charge is 0.468 e. The van der Waals surface area contributed by atoms with Gasteiger partial charge in [0.2, 0.25) is 5.91 Å². The number of methoxy groups -OCH3 is 1. The molecule has 0 spiro atoms. The van der Waals surface area contributed by atoms with Crippen LogP contribution in [0.1, 0.15) is 39.9 Å². The van der Waals surface area contributed by atoms with Crippen molar-refractivity contribution in [3.63, 3.8) is 0 Å². The Labute approximate surface area is 146 Å². The molecule has 0 radical (unpaired) electrons. The predicted molar refractivity (Wildman–Crippen MR) is 93.8 cm³/mol. The lowest BCUT2D eigenvalue weighted by atomic mass is 9.95. The smallest absolute Gasteiger partial charge is 0.322 e. The molecule has 0 saturated carbocycles. The second-order valence-electron chi connectivity index (χ2n) is 6.01. The van der Waals surface area contributed by atoms with Crippen LogP contribution in [-0.4, -0.2) is 31.3 Å². The van der Waals surface area contributed by atoms with Crippen LogP contribution in [0.15, 0.2) is 42.5 Å². The lowest BCUT2D eigenvalue weighted by molar-refractivity contribution is -0.145. The van der Waals surface area contributed by atoms with Crippen molar-refractivity contribution in [2.45, 2.75) is 19.8 Å². The molecule has 128 valence electrons. The van der Waals surface area contributed by atoms with E-state index in [0.29, 0.717) is 28.9 Å². The summed E-state index contributed by atoms with van der Waals surface area (Å²) in [5.41, 5.74) is 3.26. The summed E-state index contributed by atoms with van der Waals surface area (Å²) in [6.07, 6.45) is 0. The van der Waals surface area contributed by atoms with E-state index in [1.165, 1.54) is 12.0 Å². The molecule has 1 aliphatic rings. The Hall–Kier alpha value is -2.95. The van der Waals surface area contributed by atoms with E-state index in [1.807, 2.05) is 26.0 Å². The quantitative estimate of drug-likeness (QED) is 0.489.